The lowest BCUT2D eigenvalue weighted by Gasteiger charge is -2.31. The summed E-state index contributed by atoms with van der Waals surface area (Å²) in [5.41, 5.74) is 0.637. The molecule has 0 radical (unpaired) electrons. The zero-order chi connectivity index (χ0) is 13.0. The third kappa shape index (κ3) is 3.57. The third-order valence-electron chi connectivity index (χ3n) is 3.09. The van der Waals surface area contributed by atoms with Gasteiger partial charge in [-0.3, -0.25) is 0 Å². The Morgan fingerprint density at radius 2 is 2.17 bits per heavy atom. The van der Waals surface area contributed by atoms with E-state index >= 15 is 0 Å². The van der Waals surface area contributed by atoms with E-state index in [-0.39, 0.29) is 11.8 Å². The van der Waals surface area contributed by atoms with Crippen LogP contribution in [0.2, 0.25) is 0 Å². The molecule has 1 heterocycles. The van der Waals surface area contributed by atoms with Gasteiger partial charge in [0.2, 0.25) is 0 Å². The van der Waals surface area contributed by atoms with Gasteiger partial charge in [0.25, 0.3) is 0 Å². The highest BCUT2D eigenvalue weighted by molar-refractivity contribution is 5.56. The largest absolute Gasteiger partial charge is 0.433 e. The van der Waals surface area contributed by atoms with Crippen LogP contribution in [0.25, 0.3) is 0 Å². The number of nitrogens with one attached hydrogen (secondary N) is 1. The number of ether oxygens (including phenoxy) is 1. The highest BCUT2D eigenvalue weighted by atomic mass is 19.3. The molecule has 1 saturated heterocycles. The van der Waals surface area contributed by atoms with Crippen LogP contribution in [0.3, 0.4) is 0 Å². The van der Waals surface area contributed by atoms with Crippen molar-refractivity contribution in [3.05, 3.63) is 24.3 Å². The van der Waals surface area contributed by atoms with Gasteiger partial charge in [0.15, 0.2) is 0 Å². The van der Waals surface area contributed by atoms with E-state index < -0.39 is 6.61 Å². The first kappa shape index (κ1) is 13.1. The summed E-state index contributed by atoms with van der Waals surface area (Å²) in [6.07, 6.45) is 2.17. The second kappa shape index (κ2) is 6.00. The molecule has 1 aliphatic heterocycles. The van der Waals surface area contributed by atoms with Crippen LogP contribution >= 0.6 is 0 Å². The van der Waals surface area contributed by atoms with Gasteiger partial charge in [0.1, 0.15) is 5.75 Å². The molecule has 100 valence electrons. The normalized spacial score (nSPS) is 21.0. The van der Waals surface area contributed by atoms with Crippen LogP contribution < -0.4 is 10.1 Å². The molecule has 0 aliphatic carbocycles. The molecule has 3 nitrogen and oxygen atoms in total. The first-order valence-electron chi connectivity index (χ1n) is 6.14. The number of piperidine rings is 1. The molecule has 1 aromatic carbocycles. The Balaban J connectivity index is 2.03. The van der Waals surface area contributed by atoms with Gasteiger partial charge in [0.05, 0.1) is 5.69 Å². The van der Waals surface area contributed by atoms with Crippen molar-refractivity contribution >= 4 is 5.69 Å². The topological polar surface area (TPSA) is 24.5 Å². The lowest BCUT2D eigenvalue weighted by molar-refractivity contribution is -0.0494. The van der Waals surface area contributed by atoms with Gasteiger partial charge in [-0.05, 0) is 38.6 Å². The molecule has 1 aliphatic rings. The van der Waals surface area contributed by atoms with Crippen molar-refractivity contribution in [1.82, 2.24) is 4.90 Å². The van der Waals surface area contributed by atoms with Gasteiger partial charge in [-0.15, -0.1) is 0 Å². The average Bonchev–Trinajstić information content (AvgIpc) is 2.31. The number of likely N-dealkylation sites (tertiary alicyclic amines) is 1. The van der Waals surface area contributed by atoms with Gasteiger partial charge in [-0.2, -0.15) is 8.78 Å². The third-order valence-corrected chi connectivity index (χ3v) is 3.09. The minimum Gasteiger partial charge on any atom is -0.433 e. The molecule has 1 fully saturated rings. The van der Waals surface area contributed by atoms with E-state index in [0.29, 0.717) is 5.69 Å². The monoisotopic (exact) mass is 256 g/mol. The Bertz CT molecular complexity index is 387. The van der Waals surface area contributed by atoms with Crippen molar-refractivity contribution < 1.29 is 13.5 Å². The van der Waals surface area contributed by atoms with E-state index in [1.54, 1.807) is 18.2 Å². The predicted molar refractivity (Wildman–Crippen MR) is 67.2 cm³/mol. The molecule has 0 spiro atoms. The van der Waals surface area contributed by atoms with Crippen molar-refractivity contribution in [2.24, 2.45) is 0 Å². The van der Waals surface area contributed by atoms with Crippen molar-refractivity contribution in [1.29, 1.82) is 0 Å². The fraction of sp³-hybridized carbons (Fsp3) is 0.538. The highest BCUT2D eigenvalue weighted by Crippen LogP contribution is 2.27. The molecule has 2 rings (SSSR count). The van der Waals surface area contributed by atoms with Crippen molar-refractivity contribution in [2.75, 3.05) is 25.5 Å². The number of halogens is 2. The number of hydrogen-bond donors (Lipinski definition) is 1. The maximum absolute atomic E-state index is 12.3. The molecule has 0 amide bonds. The Morgan fingerprint density at radius 1 is 1.39 bits per heavy atom. The summed E-state index contributed by atoms with van der Waals surface area (Å²) < 4.78 is 29.1. The molecule has 0 saturated carbocycles. The number of benzene rings is 1. The molecule has 1 N–H and O–H groups in total. The highest BCUT2D eigenvalue weighted by Gasteiger charge is 2.18. The van der Waals surface area contributed by atoms with Crippen LogP contribution in [0.4, 0.5) is 14.5 Å². The molecule has 1 atom stereocenters. The van der Waals surface area contributed by atoms with Crippen molar-refractivity contribution in [3.63, 3.8) is 0 Å². The van der Waals surface area contributed by atoms with E-state index in [4.69, 9.17) is 0 Å². The SMILES string of the molecule is CN1CCCC(Nc2ccccc2OC(F)F)C1. The van der Waals surface area contributed by atoms with Gasteiger partial charge < -0.3 is 15.0 Å². The van der Waals surface area contributed by atoms with Crippen molar-refractivity contribution in [3.8, 4) is 5.75 Å². The van der Waals surface area contributed by atoms with Crippen molar-refractivity contribution in [2.45, 2.75) is 25.5 Å². The summed E-state index contributed by atoms with van der Waals surface area (Å²) in [6.45, 7) is -0.780. The molecular weight excluding hydrogens is 238 g/mol. The second-order valence-electron chi connectivity index (χ2n) is 4.62. The number of anilines is 1. The number of rotatable bonds is 4. The van der Waals surface area contributed by atoms with E-state index in [9.17, 15) is 8.78 Å². The molecule has 1 aromatic rings. The number of nitrogens with zero attached hydrogens (tertiary/aromatic N) is 1. The summed E-state index contributed by atoms with van der Waals surface area (Å²) in [6, 6.07) is 7.11. The minimum atomic E-state index is -2.79. The van der Waals surface area contributed by atoms with E-state index in [2.05, 4.69) is 22.0 Å². The second-order valence-corrected chi connectivity index (χ2v) is 4.62. The van der Waals surface area contributed by atoms with Crippen LogP contribution in [-0.4, -0.2) is 37.7 Å². The summed E-state index contributed by atoms with van der Waals surface area (Å²) in [4.78, 5) is 2.23. The van der Waals surface area contributed by atoms with E-state index in [0.717, 1.165) is 25.9 Å². The lowest BCUT2D eigenvalue weighted by atomic mass is 10.1. The maximum atomic E-state index is 12.3. The average molecular weight is 256 g/mol. The van der Waals surface area contributed by atoms with Crippen LogP contribution in [0, 0.1) is 0 Å². The fourth-order valence-electron chi connectivity index (χ4n) is 2.29. The van der Waals surface area contributed by atoms with Gasteiger partial charge >= 0.3 is 6.61 Å². The number of alkyl halides is 2. The van der Waals surface area contributed by atoms with Gasteiger partial charge in [-0.1, -0.05) is 12.1 Å². The standard InChI is InChI=1S/C13H18F2N2O/c1-17-8-4-5-10(9-17)16-11-6-2-3-7-12(11)18-13(14)15/h2-3,6-7,10,13,16H,4-5,8-9H2,1H3. The summed E-state index contributed by atoms with van der Waals surface area (Å²) in [5, 5.41) is 3.29. The lowest BCUT2D eigenvalue weighted by Crippen LogP contribution is -2.39. The Labute approximate surface area is 106 Å². The Hall–Kier alpha value is -1.36. The van der Waals surface area contributed by atoms with E-state index in [1.165, 1.54) is 0 Å². The molecule has 18 heavy (non-hydrogen) atoms. The Kier molecular flexibility index (Phi) is 4.36. The molecule has 1 unspecified atom stereocenters. The number of para-hydroxylation sites is 2. The predicted octanol–water partition coefficient (Wildman–Crippen LogP) is 2.79. The first-order valence-corrected chi connectivity index (χ1v) is 6.14. The minimum absolute atomic E-state index is 0.209. The molecular formula is C13H18F2N2O. The summed E-state index contributed by atoms with van der Waals surface area (Å²) in [7, 11) is 2.06. The maximum Gasteiger partial charge on any atom is 0.387 e. The van der Waals surface area contributed by atoms with Crippen LogP contribution in [-0.2, 0) is 0 Å². The molecule has 0 aromatic heterocycles. The van der Waals surface area contributed by atoms with E-state index in [1.807, 2.05) is 6.07 Å². The van der Waals surface area contributed by atoms with Gasteiger partial charge in [-0.25, -0.2) is 0 Å². The fourth-order valence-corrected chi connectivity index (χ4v) is 2.29. The van der Waals surface area contributed by atoms with Crippen LogP contribution in [0.5, 0.6) is 5.75 Å². The summed E-state index contributed by atoms with van der Waals surface area (Å²) in [5.74, 6) is 0.209. The zero-order valence-electron chi connectivity index (χ0n) is 10.4. The quantitative estimate of drug-likeness (QED) is 0.896. The van der Waals surface area contributed by atoms with Crippen LogP contribution in [0.15, 0.2) is 24.3 Å². The Morgan fingerprint density at radius 3 is 2.89 bits per heavy atom. The molecule has 5 heteroatoms. The number of hydrogen-bond acceptors (Lipinski definition) is 3. The summed E-state index contributed by atoms with van der Waals surface area (Å²) >= 11 is 0. The van der Waals surface area contributed by atoms with Gasteiger partial charge in [0, 0.05) is 12.6 Å². The first-order chi connectivity index (χ1) is 8.65. The molecule has 0 bridgehead atoms. The number of likely N-dealkylation sites (N-methyl/N-ethyl adjacent to an activating group) is 1. The van der Waals surface area contributed by atoms with Crippen LogP contribution in [0.1, 0.15) is 12.8 Å². The smallest absolute Gasteiger partial charge is 0.387 e. The zero-order valence-corrected chi connectivity index (χ0v) is 10.4.